The van der Waals surface area contributed by atoms with E-state index in [1.54, 1.807) is 0 Å². The molecule has 2 saturated carbocycles. The van der Waals surface area contributed by atoms with Gasteiger partial charge in [0.05, 0.1) is 20.9 Å². The third-order valence-electron chi connectivity index (χ3n) is 8.12. The van der Waals surface area contributed by atoms with E-state index in [4.69, 9.17) is 16.1 Å². The van der Waals surface area contributed by atoms with Crippen LogP contribution < -0.4 is 5.32 Å². The normalized spacial score (nSPS) is 22.0. The molecule has 2 fully saturated rings. The molecule has 1 amide bonds. The van der Waals surface area contributed by atoms with Crippen molar-refractivity contribution in [3.8, 4) is 11.3 Å². The highest BCUT2D eigenvalue weighted by Crippen LogP contribution is 2.52. The molecule has 6 nitrogen and oxygen atoms in total. The molecule has 2 aliphatic carbocycles. The van der Waals surface area contributed by atoms with E-state index in [-0.39, 0.29) is 38.9 Å². The second kappa shape index (κ2) is 10.6. The molecule has 11 heteroatoms. The molecule has 0 spiro atoms. The van der Waals surface area contributed by atoms with Gasteiger partial charge in [-0.1, -0.05) is 47.1 Å². The second-order valence-electron chi connectivity index (χ2n) is 10.6. The zero-order chi connectivity index (χ0) is 28.9. The summed E-state index contributed by atoms with van der Waals surface area (Å²) in [6.45, 7) is 0. The number of amides is 1. The maximum absolute atomic E-state index is 14.0. The van der Waals surface area contributed by atoms with E-state index in [9.17, 15) is 26.4 Å². The molecule has 1 unspecified atom stereocenters. The third-order valence-corrected chi connectivity index (χ3v) is 11.0. The Morgan fingerprint density at radius 1 is 0.927 bits per heavy atom. The van der Waals surface area contributed by atoms with Crippen molar-refractivity contribution in [2.75, 3.05) is 5.32 Å². The minimum absolute atomic E-state index is 0.0223. The number of sulfone groups is 1. The van der Waals surface area contributed by atoms with Gasteiger partial charge in [0.1, 0.15) is 0 Å². The number of carbonyl (C=O) groups excluding carboxylic acids is 1. The molecule has 1 N–H and O–H groups in total. The molecule has 1 heterocycles. The Morgan fingerprint density at radius 2 is 1.59 bits per heavy atom. The number of nitrogens with zero attached hydrogens (tertiary/aromatic N) is 1. The van der Waals surface area contributed by atoms with E-state index in [0.717, 1.165) is 24.1 Å². The van der Waals surface area contributed by atoms with Crippen molar-refractivity contribution in [1.29, 1.82) is 0 Å². The zero-order valence-corrected chi connectivity index (χ0v) is 23.1. The van der Waals surface area contributed by atoms with E-state index in [1.165, 1.54) is 18.2 Å². The molecule has 0 saturated heterocycles. The summed E-state index contributed by atoms with van der Waals surface area (Å²) in [5, 5.41) is 5.88. The van der Waals surface area contributed by atoms with Gasteiger partial charge in [0.25, 0.3) is 5.91 Å². The molecule has 0 radical (unpaired) electrons. The highest BCUT2D eigenvalue weighted by atomic mass is 35.5. The van der Waals surface area contributed by atoms with Gasteiger partial charge in [0, 0.05) is 40.9 Å². The highest BCUT2D eigenvalue weighted by molar-refractivity contribution is 7.92. The Bertz CT molecular complexity index is 1710. The van der Waals surface area contributed by atoms with Crippen LogP contribution in [0.3, 0.4) is 0 Å². The monoisotopic (exact) mass is 600 g/mol. The Hall–Kier alpha value is -3.63. The van der Waals surface area contributed by atoms with Crippen LogP contribution in [0, 0.1) is 29.3 Å². The Morgan fingerprint density at radius 3 is 2.24 bits per heavy atom. The van der Waals surface area contributed by atoms with E-state index in [2.05, 4.69) is 10.5 Å². The minimum Gasteiger partial charge on any atom is -0.356 e. The summed E-state index contributed by atoms with van der Waals surface area (Å²) in [6.07, 6.45) is 2.74. The molecule has 1 aromatic heterocycles. The standard InChI is InChI=1S/C30H24ClF3N2O4S/c31-22-9-8-19(30(37)35-21-13-23(32)28(34)24(33)14-21)12-27(22)41(38,39)29-17-6-7-18(29)11-20(10-17)25-15-26(40-36-25)16-4-2-1-3-5-16/h1-5,8-9,12-15,17-18,20,29H,6-7,10-11H2,(H,35,37)/t17-,18?,20-,29+/m0/s1. The Balaban J connectivity index is 1.22. The summed E-state index contributed by atoms with van der Waals surface area (Å²) in [5.74, 6) is -4.94. The van der Waals surface area contributed by atoms with Crippen LogP contribution in [-0.4, -0.2) is 24.7 Å². The summed E-state index contributed by atoms with van der Waals surface area (Å²) in [6, 6.07) is 16.6. The number of carbonyl (C=O) groups is 1. The summed E-state index contributed by atoms with van der Waals surface area (Å²) in [4.78, 5) is 12.7. The average molecular weight is 601 g/mol. The number of aromatic nitrogens is 1. The van der Waals surface area contributed by atoms with Gasteiger partial charge in [0.2, 0.25) is 0 Å². The first-order valence-corrected chi connectivity index (χ1v) is 15.1. The SMILES string of the molecule is O=C(Nc1cc(F)c(F)c(F)c1)c1ccc(Cl)c(S(=O)(=O)[C@H]2C3CC[C@H]2C[C@H](c2cc(-c4ccccc4)on2)C3)c1. The fourth-order valence-electron chi connectivity index (χ4n) is 6.28. The molecular formula is C30H24ClF3N2O4S. The van der Waals surface area contributed by atoms with Gasteiger partial charge in [-0.05, 0) is 55.7 Å². The van der Waals surface area contributed by atoms with Crippen molar-refractivity contribution in [1.82, 2.24) is 5.16 Å². The minimum atomic E-state index is -3.95. The molecule has 4 atom stereocenters. The number of hydrogen-bond donors (Lipinski definition) is 1. The Labute approximate surface area is 239 Å². The summed E-state index contributed by atoms with van der Waals surface area (Å²) in [7, 11) is -3.95. The highest BCUT2D eigenvalue weighted by Gasteiger charge is 2.50. The maximum Gasteiger partial charge on any atom is 0.255 e. The quantitative estimate of drug-likeness (QED) is 0.233. The van der Waals surface area contributed by atoms with Crippen molar-refractivity contribution in [3.05, 3.63) is 100 Å². The van der Waals surface area contributed by atoms with E-state index in [0.29, 0.717) is 30.7 Å². The molecule has 0 aliphatic heterocycles. The van der Waals surface area contributed by atoms with Crippen molar-refractivity contribution >= 4 is 33.0 Å². The van der Waals surface area contributed by atoms with Crippen molar-refractivity contribution in [3.63, 3.8) is 0 Å². The van der Waals surface area contributed by atoms with Crippen LogP contribution in [0.1, 0.15) is 47.7 Å². The maximum atomic E-state index is 14.0. The number of fused-ring (bicyclic) bond motifs is 2. The topological polar surface area (TPSA) is 89.3 Å². The van der Waals surface area contributed by atoms with Crippen LogP contribution in [0.4, 0.5) is 18.9 Å². The predicted octanol–water partition coefficient (Wildman–Crippen LogP) is 7.41. The number of halogens is 4. The molecule has 2 bridgehead atoms. The smallest absolute Gasteiger partial charge is 0.255 e. The van der Waals surface area contributed by atoms with Gasteiger partial charge >= 0.3 is 0 Å². The third kappa shape index (κ3) is 5.15. The number of anilines is 1. The first-order valence-electron chi connectivity index (χ1n) is 13.1. The zero-order valence-electron chi connectivity index (χ0n) is 21.5. The molecule has 2 aliphatic rings. The summed E-state index contributed by atoms with van der Waals surface area (Å²) in [5.41, 5.74) is 1.33. The lowest BCUT2D eigenvalue weighted by Crippen LogP contribution is -2.37. The van der Waals surface area contributed by atoms with Gasteiger partial charge in [-0.15, -0.1) is 0 Å². The van der Waals surface area contributed by atoms with Gasteiger partial charge in [0.15, 0.2) is 33.0 Å². The van der Waals surface area contributed by atoms with Gasteiger partial charge < -0.3 is 9.84 Å². The summed E-state index contributed by atoms with van der Waals surface area (Å²) >= 11 is 6.35. The largest absolute Gasteiger partial charge is 0.356 e. The fourth-order valence-corrected chi connectivity index (χ4v) is 9.15. The second-order valence-corrected chi connectivity index (χ2v) is 13.1. The van der Waals surface area contributed by atoms with Crippen LogP contribution in [0.15, 0.2) is 76.1 Å². The van der Waals surface area contributed by atoms with Crippen molar-refractivity contribution in [2.45, 2.75) is 41.7 Å². The van der Waals surface area contributed by atoms with Crippen LogP contribution in [0.2, 0.25) is 5.02 Å². The predicted molar refractivity (Wildman–Crippen MR) is 147 cm³/mol. The molecule has 3 aromatic carbocycles. The van der Waals surface area contributed by atoms with Crippen LogP contribution in [-0.2, 0) is 9.84 Å². The molecule has 212 valence electrons. The van der Waals surface area contributed by atoms with Gasteiger partial charge in [-0.2, -0.15) is 0 Å². The number of rotatable bonds is 6. The molecule has 4 aromatic rings. The molecular weight excluding hydrogens is 577 g/mol. The van der Waals surface area contributed by atoms with Gasteiger partial charge in [-0.25, -0.2) is 21.6 Å². The van der Waals surface area contributed by atoms with Crippen LogP contribution >= 0.6 is 11.6 Å². The molecule has 6 rings (SSSR count). The lowest BCUT2D eigenvalue weighted by molar-refractivity contribution is 0.102. The number of benzene rings is 3. The van der Waals surface area contributed by atoms with Crippen LogP contribution in [0.5, 0.6) is 0 Å². The Kier molecular flexibility index (Phi) is 7.15. The van der Waals surface area contributed by atoms with Crippen LogP contribution in [0.25, 0.3) is 11.3 Å². The van der Waals surface area contributed by atoms with E-state index >= 15 is 0 Å². The first kappa shape index (κ1) is 27.5. The summed E-state index contributed by atoms with van der Waals surface area (Å²) < 4.78 is 74.0. The van der Waals surface area contributed by atoms with Crippen molar-refractivity contribution < 1.29 is 30.9 Å². The lowest BCUT2D eigenvalue weighted by Gasteiger charge is -2.34. The lowest BCUT2D eigenvalue weighted by atomic mass is 9.79. The first-order chi connectivity index (χ1) is 19.6. The number of hydrogen-bond acceptors (Lipinski definition) is 5. The van der Waals surface area contributed by atoms with Gasteiger partial charge in [-0.3, -0.25) is 4.79 Å². The fraction of sp³-hybridized carbons (Fsp3) is 0.267. The number of nitrogens with one attached hydrogen (secondary N) is 1. The van der Waals surface area contributed by atoms with Crippen molar-refractivity contribution in [2.24, 2.45) is 11.8 Å². The van der Waals surface area contributed by atoms with E-state index < -0.39 is 38.4 Å². The molecule has 41 heavy (non-hydrogen) atoms. The van der Waals surface area contributed by atoms with E-state index in [1.807, 2.05) is 36.4 Å². The average Bonchev–Trinajstić information content (AvgIpc) is 3.55.